The molecule has 3 N–H and O–H groups in total. The molecule has 21 heavy (non-hydrogen) atoms. The standard InChI is InChI=1S/C17H24N4/c18-14-5-6-15-16(9-14)20-17(19-15)7-8-21(10-12-1-2-12)11-13-3-4-13/h5-6,9,12-13H,1-4,7-8,10-11,18H2,(H,19,20). The lowest BCUT2D eigenvalue weighted by molar-refractivity contribution is 0.254. The molecule has 4 rings (SSSR count). The van der Waals surface area contributed by atoms with Crippen molar-refractivity contribution < 1.29 is 0 Å². The van der Waals surface area contributed by atoms with Gasteiger partial charge in [0, 0.05) is 31.7 Å². The Bertz CT molecular complexity index is 611. The number of H-pyrrole nitrogens is 1. The third kappa shape index (κ3) is 3.38. The van der Waals surface area contributed by atoms with Crippen molar-refractivity contribution in [2.24, 2.45) is 11.8 Å². The summed E-state index contributed by atoms with van der Waals surface area (Å²) in [6.45, 7) is 3.72. The summed E-state index contributed by atoms with van der Waals surface area (Å²) in [5, 5.41) is 0. The first kappa shape index (κ1) is 13.1. The lowest BCUT2D eigenvalue weighted by Gasteiger charge is -2.21. The van der Waals surface area contributed by atoms with E-state index in [1.807, 2.05) is 18.2 Å². The molecule has 2 aromatic rings. The molecule has 1 heterocycles. The fourth-order valence-electron chi connectivity index (χ4n) is 3.05. The first-order valence-electron chi connectivity index (χ1n) is 8.23. The number of nitrogens with zero attached hydrogens (tertiary/aromatic N) is 2. The highest BCUT2D eigenvalue weighted by molar-refractivity contribution is 5.78. The van der Waals surface area contributed by atoms with Crippen LogP contribution in [-0.2, 0) is 6.42 Å². The van der Waals surface area contributed by atoms with Crippen LogP contribution in [0.25, 0.3) is 11.0 Å². The minimum atomic E-state index is 0.793. The van der Waals surface area contributed by atoms with Gasteiger partial charge in [0.05, 0.1) is 11.0 Å². The summed E-state index contributed by atoms with van der Waals surface area (Å²) in [5.74, 6) is 3.03. The van der Waals surface area contributed by atoms with E-state index in [1.54, 1.807) is 0 Å². The van der Waals surface area contributed by atoms with Crippen molar-refractivity contribution in [3.05, 3.63) is 24.0 Å². The quantitative estimate of drug-likeness (QED) is 0.769. The normalized spacial score (nSPS) is 18.7. The number of anilines is 1. The summed E-state index contributed by atoms with van der Waals surface area (Å²) in [6.07, 6.45) is 6.75. The first-order valence-corrected chi connectivity index (χ1v) is 8.23. The van der Waals surface area contributed by atoms with Gasteiger partial charge in [0.1, 0.15) is 5.82 Å². The predicted octanol–water partition coefficient (Wildman–Crippen LogP) is 2.81. The average molecular weight is 284 g/mol. The highest BCUT2D eigenvalue weighted by atomic mass is 15.1. The molecular formula is C17H24N4. The third-order valence-corrected chi connectivity index (χ3v) is 4.65. The molecule has 0 unspecified atom stereocenters. The van der Waals surface area contributed by atoms with E-state index in [9.17, 15) is 0 Å². The Hall–Kier alpha value is -1.55. The van der Waals surface area contributed by atoms with Crippen LogP contribution in [0.5, 0.6) is 0 Å². The number of hydrogen-bond donors (Lipinski definition) is 2. The second-order valence-corrected chi connectivity index (χ2v) is 6.86. The van der Waals surface area contributed by atoms with Crippen molar-refractivity contribution in [2.45, 2.75) is 32.1 Å². The number of imidazole rings is 1. The van der Waals surface area contributed by atoms with E-state index >= 15 is 0 Å². The molecule has 2 aliphatic rings. The number of aromatic amines is 1. The molecule has 1 aromatic heterocycles. The highest BCUT2D eigenvalue weighted by Crippen LogP contribution is 2.33. The molecule has 112 valence electrons. The number of nitrogen functional groups attached to an aromatic ring is 1. The van der Waals surface area contributed by atoms with E-state index in [1.165, 1.54) is 38.8 Å². The molecule has 0 aliphatic heterocycles. The maximum atomic E-state index is 5.82. The molecule has 2 fully saturated rings. The molecule has 0 bridgehead atoms. The Kier molecular flexibility index (Phi) is 3.34. The molecule has 0 spiro atoms. The van der Waals surface area contributed by atoms with Crippen LogP contribution in [0.1, 0.15) is 31.5 Å². The van der Waals surface area contributed by atoms with Gasteiger partial charge in [0.15, 0.2) is 0 Å². The van der Waals surface area contributed by atoms with Crippen molar-refractivity contribution >= 4 is 16.7 Å². The largest absolute Gasteiger partial charge is 0.399 e. The Morgan fingerprint density at radius 2 is 1.86 bits per heavy atom. The molecular weight excluding hydrogens is 260 g/mol. The monoisotopic (exact) mass is 284 g/mol. The van der Waals surface area contributed by atoms with Gasteiger partial charge in [-0.05, 0) is 55.7 Å². The number of nitrogens with one attached hydrogen (secondary N) is 1. The highest BCUT2D eigenvalue weighted by Gasteiger charge is 2.28. The van der Waals surface area contributed by atoms with Gasteiger partial charge in [-0.25, -0.2) is 4.98 Å². The summed E-state index contributed by atoms with van der Waals surface area (Å²) in [5.41, 5.74) is 8.70. The first-order chi connectivity index (χ1) is 10.3. The summed E-state index contributed by atoms with van der Waals surface area (Å²) in [6, 6.07) is 5.88. The fourth-order valence-corrected chi connectivity index (χ4v) is 3.05. The zero-order chi connectivity index (χ0) is 14.2. The van der Waals surface area contributed by atoms with E-state index in [-0.39, 0.29) is 0 Å². The summed E-state index contributed by atoms with van der Waals surface area (Å²) in [7, 11) is 0. The Labute approximate surface area is 125 Å². The van der Waals surface area contributed by atoms with Crippen molar-refractivity contribution in [3.63, 3.8) is 0 Å². The van der Waals surface area contributed by atoms with Crippen LogP contribution in [0.3, 0.4) is 0 Å². The van der Waals surface area contributed by atoms with Crippen LogP contribution in [0.15, 0.2) is 18.2 Å². The molecule has 2 aliphatic carbocycles. The zero-order valence-electron chi connectivity index (χ0n) is 12.5. The van der Waals surface area contributed by atoms with Gasteiger partial charge in [0.2, 0.25) is 0 Å². The van der Waals surface area contributed by atoms with Gasteiger partial charge in [-0.2, -0.15) is 0 Å². The molecule has 0 amide bonds. The second-order valence-electron chi connectivity index (χ2n) is 6.86. The van der Waals surface area contributed by atoms with Gasteiger partial charge >= 0.3 is 0 Å². The molecule has 4 heteroatoms. The lowest BCUT2D eigenvalue weighted by Crippen LogP contribution is -2.30. The number of nitrogens with two attached hydrogens (primary N) is 1. The van der Waals surface area contributed by atoms with Crippen molar-refractivity contribution in [3.8, 4) is 0 Å². The molecule has 0 saturated heterocycles. The van der Waals surface area contributed by atoms with Crippen LogP contribution in [0.2, 0.25) is 0 Å². The summed E-state index contributed by atoms with van der Waals surface area (Å²) < 4.78 is 0. The molecule has 4 nitrogen and oxygen atoms in total. The van der Waals surface area contributed by atoms with Crippen LogP contribution < -0.4 is 5.73 Å². The van der Waals surface area contributed by atoms with Crippen LogP contribution in [0.4, 0.5) is 5.69 Å². The SMILES string of the molecule is Nc1ccc2nc(CCN(CC3CC3)CC3CC3)[nH]c2c1. The maximum Gasteiger partial charge on any atom is 0.108 e. The number of rotatable bonds is 7. The minimum absolute atomic E-state index is 0.793. The Morgan fingerprint density at radius 1 is 1.14 bits per heavy atom. The van der Waals surface area contributed by atoms with E-state index in [0.29, 0.717) is 0 Å². The van der Waals surface area contributed by atoms with Gasteiger partial charge in [0.25, 0.3) is 0 Å². The van der Waals surface area contributed by atoms with E-state index in [4.69, 9.17) is 5.73 Å². The molecule has 2 saturated carbocycles. The summed E-state index contributed by atoms with van der Waals surface area (Å²) in [4.78, 5) is 10.8. The van der Waals surface area contributed by atoms with Gasteiger partial charge in [-0.1, -0.05) is 0 Å². The number of fused-ring (bicyclic) bond motifs is 1. The number of benzene rings is 1. The molecule has 1 aromatic carbocycles. The minimum Gasteiger partial charge on any atom is -0.399 e. The predicted molar refractivity (Wildman–Crippen MR) is 86.1 cm³/mol. The Morgan fingerprint density at radius 3 is 2.52 bits per heavy atom. The molecule has 0 radical (unpaired) electrons. The maximum absolute atomic E-state index is 5.82. The van der Waals surface area contributed by atoms with Crippen LogP contribution >= 0.6 is 0 Å². The van der Waals surface area contributed by atoms with E-state index in [2.05, 4.69) is 14.9 Å². The van der Waals surface area contributed by atoms with Crippen molar-refractivity contribution in [1.82, 2.24) is 14.9 Å². The zero-order valence-corrected chi connectivity index (χ0v) is 12.5. The van der Waals surface area contributed by atoms with Crippen molar-refractivity contribution in [2.75, 3.05) is 25.4 Å². The van der Waals surface area contributed by atoms with Crippen LogP contribution in [-0.4, -0.2) is 34.5 Å². The van der Waals surface area contributed by atoms with E-state index < -0.39 is 0 Å². The second kappa shape index (κ2) is 5.34. The van der Waals surface area contributed by atoms with E-state index in [0.717, 1.165) is 47.3 Å². The topological polar surface area (TPSA) is 57.9 Å². The van der Waals surface area contributed by atoms with Gasteiger partial charge in [-0.3, -0.25) is 0 Å². The van der Waals surface area contributed by atoms with Gasteiger partial charge < -0.3 is 15.6 Å². The smallest absolute Gasteiger partial charge is 0.108 e. The number of aromatic nitrogens is 2. The lowest BCUT2D eigenvalue weighted by atomic mass is 10.2. The van der Waals surface area contributed by atoms with Crippen LogP contribution in [0, 0.1) is 11.8 Å². The Balaban J connectivity index is 1.40. The summed E-state index contributed by atoms with van der Waals surface area (Å²) >= 11 is 0. The number of hydrogen-bond acceptors (Lipinski definition) is 3. The van der Waals surface area contributed by atoms with Crippen molar-refractivity contribution in [1.29, 1.82) is 0 Å². The fraction of sp³-hybridized carbons (Fsp3) is 0.588. The third-order valence-electron chi connectivity index (χ3n) is 4.65. The average Bonchev–Trinajstić information content (AvgIpc) is 3.37. The van der Waals surface area contributed by atoms with Gasteiger partial charge in [-0.15, -0.1) is 0 Å². The molecule has 0 atom stereocenters.